The summed E-state index contributed by atoms with van der Waals surface area (Å²) in [6.07, 6.45) is 10.7. The molecule has 5 nitrogen and oxygen atoms in total. The zero-order valence-electron chi connectivity index (χ0n) is 15.8. The van der Waals surface area contributed by atoms with Crippen LogP contribution >= 0.6 is 0 Å². The second kappa shape index (κ2) is 6.70. The molecular formula is C22H29N5. The molecule has 0 saturated heterocycles. The Kier molecular flexibility index (Phi) is 4.18. The molecule has 0 amide bonds. The molecule has 4 N–H and O–H groups in total. The van der Waals surface area contributed by atoms with Crippen molar-refractivity contribution in [2.45, 2.75) is 50.5 Å². The van der Waals surface area contributed by atoms with E-state index in [-0.39, 0.29) is 5.54 Å². The Labute approximate surface area is 161 Å². The Morgan fingerprint density at radius 3 is 2.22 bits per heavy atom. The molecule has 0 aliphatic heterocycles. The summed E-state index contributed by atoms with van der Waals surface area (Å²) in [4.78, 5) is 8.87. The molecule has 6 rings (SSSR count). The monoisotopic (exact) mass is 363 g/mol. The van der Waals surface area contributed by atoms with Crippen molar-refractivity contribution in [1.29, 1.82) is 0 Å². The quantitative estimate of drug-likeness (QED) is 0.720. The first-order valence-electron chi connectivity index (χ1n) is 10.4. The number of rotatable bonds is 6. The molecular weight excluding hydrogens is 334 g/mol. The molecule has 1 aromatic carbocycles. The fraction of sp³-hybridized carbons (Fsp3) is 0.545. The highest BCUT2D eigenvalue weighted by Crippen LogP contribution is 2.56. The van der Waals surface area contributed by atoms with Gasteiger partial charge in [-0.3, -0.25) is 0 Å². The SMILES string of the molecule is Nc1c(NCCc2ccccc2)ncnc1NC12CC3CC(CC(C3)C1)C2. The van der Waals surface area contributed by atoms with Crippen LogP contribution in [0.15, 0.2) is 36.7 Å². The molecule has 4 aliphatic rings. The van der Waals surface area contributed by atoms with Crippen molar-refractivity contribution in [2.24, 2.45) is 17.8 Å². The van der Waals surface area contributed by atoms with E-state index in [1.54, 1.807) is 6.33 Å². The maximum absolute atomic E-state index is 6.44. The first-order chi connectivity index (χ1) is 13.2. The minimum atomic E-state index is 0.207. The molecule has 0 radical (unpaired) electrons. The highest BCUT2D eigenvalue weighted by molar-refractivity contribution is 5.74. The average Bonchev–Trinajstić information content (AvgIpc) is 2.64. The molecule has 5 heteroatoms. The average molecular weight is 364 g/mol. The third-order valence-electron chi connectivity index (χ3n) is 6.85. The Morgan fingerprint density at radius 1 is 0.926 bits per heavy atom. The number of aromatic nitrogens is 2. The third kappa shape index (κ3) is 3.35. The normalized spacial score (nSPS) is 31.0. The number of benzene rings is 1. The topological polar surface area (TPSA) is 75.9 Å². The van der Waals surface area contributed by atoms with E-state index in [9.17, 15) is 0 Å². The lowest BCUT2D eigenvalue weighted by atomic mass is 9.53. The molecule has 2 aromatic rings. The van der Waals surface area contributed by atoms with E-state index in [2.05, 4.69) is 44.9 Å². The van der Waals surface area contributed by atoms with Crippen LogP contribution < -0.4 is 16.4 Å². The first kappa shape index (κ1) is 16.8. The summed E-state index contributed by atoms with van der Waals surface area (Å²) in [5, 5.41) is 7.18. The van der Waals surface area contributed by atoms with E-state index in [0.29, 0.717) is 5.69 Å². The van der Waals surface area contributed by atoms with Gasteiger partial charge in [0.05, 0.1) is 0 Å². The smallest absolute Gasteiger partial charge is 0.155 e. The van der Waals surface area contributed by atoms with Crippen molar-refractivity contribution >= 4 is 17.3 Å². The summed E-state index contributed by atoms with van der Waals surface area (Å²) in [6.45, 7) is 0.808. The number of anilines is 3. The highest BCUT2D eigenvalue weighted by Gasteiger charge is 2.51. The fourth-order valence-electron chi connectivity index (χ4n) is 6.12. The van der Waals surface area contributed by atoms with Gasteiger partial charge in [-0.1, -0.05) is 30.3 Å². The molecule has 27 heavy (non-hydrogen) atoms. The van der Waals surface area contributed by atoms with Gasteiger partial charge in [-0.25, -0.2) is 9.97 Å². The van der Waals surface area contributed by atoms with Crippen molar-refractivity contribution in [3.8, 4) is 0 Å². The van der Waals surface area contributed by atoms with Crippen LogP contribution in [0, 0.1) is 17.8 Å². The van der Waals surface area contributed by atoms with Crippen molar-refractivity contribution in [2.75, 3.05) is 22.9 Å². The van der Waals surface area contributed by atoms with Crippen molar-refractivity contribution in [3.63, 3.8) is 0 Å². The number of nitrogens with two attached hydrogens (primary N) is 1. The zero-order chi connectivity index (χ0) is 18.3. The summed E-state index contributed by atoms with van der Waals surface area (Å²) >= 11 is 0. The molecule has 1 aromatic heterocycles. The van der Waals surface area contributed by atoms with E-state index >= 15 is 0 Å². The summed E-state index contributed by atoms with van der Waals surface area (Å²) in [7, 11) is 0. The van der Waals surface area contributed by atoms with Crippen LogP contribution in [0.3, 0.4) is 0 Å². The van der Waals surface area contributed by atoms with Gasteiger partial charge >= 0.3 is 0 Å². The summed E-state index contributed by atoms with van der Waals surface area (Å²) in [5.74, 6) is 4.25. The van der Waals surface area contributed by atoms with Gasteiger partial charge in [0.2, 0.25) is 0 Å². The lowest BCUT2D eigenvalue weighted by molar-refractivity contribution is 0.0106. The van der Waals surface area contributed by atoms with Crippen LogP contribution in [0.25, 0.3) is 0 Å². The van der Waals surface area contributed by atoms with E-state index in [4.69, 9.17) is 5.73 Å². The number of nitrogens with zero attached hydrogens (tertiary/aromatic N) is 2. The predicted octanol–water partition coefficient (Wildman–Crippen LogP) is 4.09. The van der Waals surface area contributed by atoms with Crippen LogP contribution in [-0.4, -0.2) is 22.1 Å². The van der Waals surface area contributed by atoms with Crippen LogP contribution in [0.1, 0.15) is 44.1 Å². The lowest BCUT2D eigenvalue weighted by Crippen LogP contribution is -2.55. The van der Waals surface area contributed by atoms with E-state index in [1.165, 1.54) is 44.1 Å². The van der Waals surface area contributed by atoms with Gasteiger partial charge in [0.25, 0.3) is 0 Å². The van der Waals surface area contributed by atoms with Crippen molar-refractivity contribution in [3.05, 3.63) is 42.2 Å². The minimum absolute atomic E-state index is 0.207. The van der Waals surface area contributed by atoms with Gasteiger partial charge < -0.3 is 16.4 Å². The van der Waals surface area contributed by atoms with Crippen molar-refractivity contribution in [1.82, 2.24) is 9.97 Å². The summed E-state index contributed by atoms with van der Waals surface area (Å²) < 4.78 is 0. The van der Waals surface area contributed by atoms with Gasteiger partial charge in [-0.2, -0.15) is 0 Å². The van der Waals surface area contributed by atoms with Crippen LogP contribution in [0.4, 0.5) is 17.3 Å². The number of hydrogen-bond donors (Lipinski definition) is 3. The molecule has 4 bridgehead atoms. The number of nitrogen functional groups attached to an aromatic ring is 1. The standard InChI is InChI=1S/C22H29N5/c23-19-20(24-7-6-15-4-2-1-3-5-15)25-14-26-21(19)27-22-11-16-8-17(12-22)10-18(9-16)13-22/h1-5,14,16-18H,6-13,23H2,(H2,24,25,26,27). The van der Waals surface area contributed by atoms with Crippen LogP contribution in [0.2, 0.25) is 0 Å². The lowest BCUT2D eigenvalue weighted by Gasteiger charge is -2.57. The minimum Gasteiger partial charge on any atom is -0.393 e. The molecule has 4 fully saturated rings. The van der Waals surface area contributed by atoms with Gasteiger partial charge in [0, 0.05) is 12.1 Å². The van der Waals surface area contributed by atoms with Gasteiger partial charge in [0.1, 0.15) is 12.0 Å². The van der Waals surface area contributed by atoms with Crippen molar-refractivity contribution < 1.29 is 0 Å². The molecule has 4 saturated carbocycles. The predicted molar refractivity (Wildman–Crippen MR) is 110 cm³/mol. The van der Waals surface area contributed by atoms with Crippen LogP contribution in [0.5, 0.6) is 0 Å². The molecule has 0 unspecified atom stereocenters. The summed E-state index contributed by atoms with van der Waals surface area (Å²) in [5.41, 5.74) is 8.61. The molecule has 4 aliphatic carbocycles. The van der Waals surface area contributed by atoms with E-state index in [1.807, 2.05) is 6.07 Å². The van der Waals surface area contributed by atoms with Gasteiger partial charge in [0.15, 0.2) is 11.6 Å². The van der Waals surface area contributed by atoms with E-state index in [0.717, 1.165) is 42.4 Å². The number of hydrogen-bond acceptors (Lipinski definition) is 5. The molecule has 0 atom stereocenters. The second-order valence-electron chi connectivity index (χ2n) is 8.97. The fourth-order valence-corrected chi connectivity index (χ4v) is 6.12. The molecule has 0 spiro atoms. The Bertz CT molecular complexity index is 768. The third-order valence-corrected chi connectivity index (χ3v) is 6.85. The molecule has 1 heterocycles. The van der Waals surface area contributed by atoms with Gasteiger partial charge in [-0.15, -0.1) is 0 Å². The highest BCUT2D eigenvalue weighted by atomic mass is 15.1. The van der Waals surface area contributed by atoms with Crippen LogP contribution in [-0.2, 0) is 6.42 Å². The first-order valence-corrected chi connectivity index (χ1v) is 10.4. The Balaban J connectivity index is 1.27. The number of nitrogens with one attached hydrogen (secondary N) is 2. The van der Waals surface area contributed by atoms with E-state index < -0.39 is 0 Å². The maximum Gasteiger partial charge on any atom is 0.155 e. The Hall–Kier alpha value is -2.30. The maximum atomic E-state index is 6.44. The molecule has 142 valence electrons. The van der Waals surface area contributed by atoms with Gasteiger partial charge in [-0.05, 0) is 68.3 Å². The summed E-state index contributed by atoms with van der Waals surface area (Å²) in [6, 6.07) is 10.5. The Morgan fingerprint density at radius 2 is 1.56 bits per heavy atom. The largest absolute Gasteiger partial charge is 0.393 e. The zero-order valence-corrected chi connectivity index (χ0v) is 15.8. The second-order valence-corrected chi connectivity index (χ2v) is 8.97.